The summed E-state index contributed by atoms with van der Waals surface area (Å²) in [4.78, 5) is 0. The van der Waals surface area contributed by atoms with Gasteiger partial charge in [0.15, 0.2) is 0 Å². The summed E-state index contributed by atoms with van der Waals surface area (Å²) in [7, 11) is 0. The van der Waals surface area contributed by atoms with Crippen molar-refractivity contribution in [2.24, 2.45) is 0 Å². The molecule has 1 heterocycles. The summed E-state index contributed by atoms with van der Waals surface area (Å²) in [5.74, 6) is 0.872. The van der Waals surface area contributed by atoms with Gasteiger partial charge in [0.2, 0.25) is 6.29 Å². The van der Waals surface area contributed by atoms with Crippen molar-refractivity contribution in [3.05, 3.63) is 35.9 Å². The Morgan fingerprint density at radius 3 is 2.81 bits per heavy atom. The Kier molecular flexibility index (Phi) is 2.43. The van der Waals surface area contributed by atoms with Crippen molar-refractivity contribution in [3.63, 3.8) is 0 Å². The normalized spacial score (nSPS) is 21.3. The first kappa shape index (κ1) is 11.0. The number of hydrogen-bond donors (Lipinski definition) is 2. The molecule has 1 aliphatic rings. The van der Waals surface area contributed by atoms with Gasteiger partial charge in [-0.3, -0.25) is 0 Å². The van der Waals surface area contributed by atoms with Crippen LogP contribution >= 0.6 is 0 Å². The molecule has 1 aromatic rings. The van der Waals surface area contributed by atoms with Gasteiger partial charge in [-0.25, -0.2) is 0 Å². The van der Waals surface area contributed by atoms with Crippen molar-refractivity contribution in [3.8, 4) is 11.5 Å². The Morgan fingerprint density at radius 1 is 1.50 bits per heavy atom. The molecule has 0 amide bonds. The van der Waals surface area contributed by atoms with Crippen LogP contribution in [0.2, 0.25) is 0 Å². The van der Waals surface area contributed by atoms with Crippen LogP contribution in [0.4, 0.5) is 0 Å². The molecule has 0 aromatic heterocycles. The maximum Gasteiger partial charge on any atom is 0.206 e. The summed E-state index contributed by atoms with van der Waals surface area (Å²) >= 11 is 0. The molecule has 0 saturated heterocycles. The van der Waals surface area contributed by atoms with Crippen molar-refractivity contribution in [1.82, 2.24) is 0 Å². The van der Waals surface area contributed by atoms with Crippen LogP contribution in [0.3, 0.4) is 0 Å². The molecule has 0 spiro atoms. The number of aliphatic hydroxyl groups is 1. The van der Waals surface area contributed by atoms with Gasteiger partial charge in [0.25, 0.3) is 0 Å². The van der Waals surface area contributed by atoms with Gasteiger partial charge in [-0.1, -0.05) is 6.08 Å². The summed E-state index contributed by atoms with van der Waals surface area (Å²) < 4.78 is 5.37. The number of rotatable bonds is 2. The van der Waals surface area contributed by atoms with E-state index in [2.05, 4.69) is 6.58 Å². The zero-order valence-electron chi connectivity index (χ0n) is 9.53. The number of aromatic hydroxyl groups is 1. The fraction of sp³-hybridized carbons (Fsp3) is 0.385. The highest BCUT2D eigenvalue weighted by Crippen LogP contribution is 2.44. The second-order valence-corrected chi connectivity index (χ2v) is 4.66. The van der Waals surface area contributed by atoms with Crippen molar-refractivity contribution < 1.29 is 14.9 Å². The zero-order chi connectivity index (χ0) is 11.9. The van der Waals surface area contributed by atoms with Crippen LogP contribution in [0, 0.1) is 0 Å². The van der Waals surface area contributed by atoms with E-state index in [0.717, 1.165) is 11.1 Å². The summed E-state index contributed by atoms with van der Waals surface area (Å²) in [6, 6.07) is 3.44. The first-order chi connectivity index (χ1) is 7.46. The van der Waals surface area contributed by atoms with Crippen LogP contribution in [-0.4, -0.2) is 16.5 Å². The molecule has 1 atom stereocenters. The standard InChI is InChI=1S/C13H16O3/c1-4-5-8-6-11-9(7-10(8)14)13(2,3)12(15)16-11/h4,6-7,12,14-15H,1,5H2,2-3H3. The van der Waals surface area contributed by atoms with Gasteiger partial charge in [-0.2, -0.15) is 0 Å². The SMILES string of the molecule is C=CCc1cc2c(cc1O)C(C)(C)C(O)O2. The van der Waals surface area contributed by atoms with Crippen LogP contribution in [0.5, 0.6) is 11.5 Å². The lowest BCUT2D eigenvalue weighted by molar-refractivity contribution is -0.0450. The van der Waals surface area contributed by atoms with E-state index in [1.165, 1.54) is 0 Å². The maximum absolute atomic E-state index is 9.84. The zero-order valence-corrected chi connectivity index (χ0v) is 9.53. The molecule has 1 aliphatic heterocycles. The predicted octanol–water partition coefficient (Wildman–Crippen LogP) is 2.11. The Bertz CT molecular complexity index is 435. The van der Waals surface area contributed by atoms with Crippen molar-refractivity contribution >= 4 is 0 Å². The molecule has 0 fully saturated rings. The Hall–Kier alpha value is -1.48. The molecule has 86 valence electrons. The number of phenolic OH excluding ortho intramolecular Hbond substituents is 1. The van der Waals surface area contributed by atoms with Crippen LogP contribution < -0.4 is 4.74 Å². The van der Waals surface area contributed by atoms with Crippen LogP contribution in [0.1, 0.15) is 25.0 Å². The quantitative estimate of drug-likeness (QED) is 0.750. The first-order valence-corrected chi connectivity index (χ1v) is 5.29. The number of phenols is 1. The number of aliphatic hydroxyl groups excluding tert-OH is 1. The van der Waals surface area contributed by atoms with E-state index in [0.29, 0.717) is 12.2 Å². The lowest BCUT2D eigenvalue weighted by Gasteiger charge is -2.20. The molecule has 2 rings (SSSR count). The number of fused-ring (bicyclic) bond motifs is 1. The largest absolute Gasteiger partial charge is 0.508 e. The van der Waals surface area contributed by atoms with E-state index in [9.17, 15) is 10.2 Å². The van der Waals surface area contributed by atoms with Gasteiger partial charge in [0.1, 0.15) is 11.5 Å². The van der Waals surface area contributed by atoms with Gasteiger partial charge in [0, 0.05) is 11.1 Å². The Labute approximate surface area is 95.0 Å². The van der Waals surface area contributed by atoms with E-state index in [-0.39, 0.29) is 5.75 Å². The van der Waals surface area contributed by atoms with Gasteiger partial charge in [0.05, 0.1) is 5.41 Å². The second-order valence-electron chi connectivity index (χ2n) is 4.66. The third kappa shape index (κ3) is 1.48. The molecule has 3 heteroatoms. The topological polar surface area (TPSA) is 49.7 Å². The molecular weight excluding hydrogens is 204 g/mol. The van der Waals surface area contributed by atoms with Gasteiger partial charge >= 0.3 is 0 Å². The summed E-state index contributed by atoms with van der Waals surface area (Å²) in [6.45, 7) is 7.40. The molecule has 1 aromatic carbocycles. The second kappa shape index (κ2) is 3.52. The molecule has 0 bridgehead atoms. The molecule has 0 radical (unpaired) electrons. The van der Waals surface area contributed by atoms with E-state index in [4.69, 9.17) is 4.74 Å². The van der Waals surface area contributed by atoms with Crippen LogP contribution in [-0.2, 0) is 11.8 Å². The van der Waals surface area contributed by atoms with Crippen molar-refractivity contribution in [2.45, 2.75) is 32.0 Å². The van der Waals surface area contributed by atoms with E-state index < -0.39 is 11.7 Å². The molecule has 2 N–H and O–H groups in total. The number of ether oxygens (including phenoxy) is 1. The fourth-order valence-corrected chi connectivity index (χ4v) is 1.93. The van der Waals surface area contributed by atoms with Gasteiger partial charge in [-0.05, 0) is 32.4 Å². The average Bonchev–Trinajstić information content (AvgIpc) is 2.41. The van der Waals surface area contributed by atoms with Crippen molar-refractivity contribution in [2.75, 3.05) is 0 Å². The highest BCUT2D eigenvalue weighted by atomic mass is 16.6. The van der Waals surface area contributed by atoms with Crippen LogP contribution in [0.15, 0.2) is 24.8 Å². The highest BCUT2D eigenvalue weighted by molar-refractivity contribution is 5.52. The van der Waals surface area contributed by atoms with Crippen LogP contribution in [0.25, 0.3) is 0 Å². The average molecular weight is 220 g/mol. The minimum atomic E-state index is -0.860. The lowest BCUT2D eigenvalue weighted by Crippen LogP contribution is -2.31. The van der Waals surface area contributed by atoms with E-state index >= 15 is 0 Å². The molecule has 1 unspecified atom stereocenters. The Balaban J connectivity index is 2.52. The van der Waals surface area contributed by atoms with Crippen molar-refractivity contribution in [1.29, 1.82) is 0 Å². The van der Waals surface area contributed by atoms with E-state index in [1.54, 1.807) is 18.2 Å². The number of hydrogen-bond acceptors (Lipinski definition) is 3. The highest BCUT2D eigenvalue weighted by Gasteiger charge is 2.41. The summed E-state index contributed by atoms with van der Waals surface area (Å²) in [5.41, 5.74) is 1.11. The molecular formula is C13H16O3. The predicted molar refractivity (Wildman–Crippen MR) is 61.7 cm³/mol. The smallest absolute Gasteiger partial charge is 0.206 e. The summed E-state index contributed by atoms with van der Waals surface area (Å²) in [6.07, 6.45) is 1.44. The first-order valence-electron chi connectivity index (χ1n) is 5.29. The van der Waals surface area contributed by atoms with Gasteiger partial charge in [-0.15, -0.1) is 6.58 Å². The van der Waals surface area contributed by atoms with Gasteiger partial charge < -0.3 is 14.9 Å². The minimum absolute atomic E-state index is 0.226. The minimum Gasteiger partial charge on any atom is -0.508 e. The molecule has 16 heavy (non-hydrogen) atoms. The lowest BCUT2D eigenvalue weighted by atomic mass is 9.85. The molecule has 0 saturated carbocycles. The fourth-order valence-electron chi connectivity index (χ4n) is 1.93. The monoisotopic (exact) mass is 220 g/mol. The third-order valence-corrected chi connectivity index (χ3v) is 3.10. The number of benzene rings is 1. The molecule has 3 nitrogen and oxygen atoms in total. The maximum atomic E-state index is 9.84. The Morgan fingerprint density at radius 2 is 2.19 bits per heavy atom. The third-order valence-electron chi connectivity index (χ3n) is 3.10. The van der Waals surface area contributed by atoms with E-state index in [1.807, 2.05) is 13.8 Å². The number of allylic oxidation sites excluding steroid dienone is 1. The summed E-state index contributed by atoms with van der Waals surface area (Å²) in [5, 5.41) is 19.6. The molecule has 0 aliphatic carbocycles.